The second-order valence-corrected chi connectivity index (χ2v) is 14.9. The molecule has 7 rings (SSSR count). The van der Waals surface area contributed by atoms with Gasteiger partial charge in [-0.2, -0.15) is 0 Å². The van der Waals surface area contributed by atoms with Crippen LogP contribution in [0.15, 0.2) is 97.1 Å². The molecule has 280 valence electrons. The Morgan fingerprint density at radius 2 is 0.685 bits per heavy atom. The molecule has 1 aliphatic heterocycles. The number of benzene rings is 4. The van der Waals surface area contributed by atoms with Crippen molar-refractivity contribution in [1.82, 2.24) is 0 Å². The molecule has 3 fully saturated rings. The van der Waals surface area contributed by atoms with E-state index in [0.717, 1.165) is 19.3 Å². The van der Waals surface area contributed by atoms with Crippen LogP contribution in [0, 0.1) is 0 Å². The summed E-state index contributed by atoms with van der Waals surface area (Å²) in [6.07, 6.45) is -4.95. The summed E-state index contributed by atoms with van der Waals surface area (Å²) in [4.78, 5) is 55.5. The highest BCUT2D eigenvalue weighted by Gasteiger charge is 2.65. The second kappa shape index (κ2) is 16.3. The highest BCUT2D eigenvalue weighted by atomic mass is 35.5. The first-order valence-electron chi connectivity index (χ1n) is 17.2. The average molecular weight is 814 g/mol. The van der Waals surface area contributed by atoms with Gasteiger partial charge in [0.15, 0.2) is 30.2 Å². The fourth-order valence-electron chi connectivity index (χ4n) is 6.89. The molecule has 1 heterocycles. The van der Waals surface area contributed by atoms with E-state index in [2.05, 4.69) is 0 Å². The van der Waals surface area contributed by atoms with Crippen LogP contribution in [0.25, 0.3) is 0 Å². The van der Waals surface area contributed by atoms with Gasteiger partial charge >= 0.3 is 23.9 Å². The fraction of sp³-hybridized carbons (Fsp3) is 0.300. The molecule has 10 nitrogen and oxygen atoms in total. The number of ether oxygens (including phenoxy) is 6. The van der Waals surface area contributed by atoms with Gasteiger partial charge in [-0.25, -0.2) is 19.2 Å². The monoisotopic (exact) mass is 812 g/mol. The molecule has 2 aliphatic carbocycles. The summed E-state index contributed by atoms with van der Waals surface area (Å²) < 4.78 is 38.0. The van der Waals surface area contributed by atoms with Crippen molar-refractivity contribution in [3.63, 3.8) is 0 Å². The summed E-state index contributed by atoms with van der Waals surface area (Å²) >= 11 is 24.4. The Hall–Kier alpha value is -4.16. The minimum absolute atomic E-state index is 0.0918. The molecular formula is C40H32Cl4O10. The lowest BCUT2D eigenvalue weighted by molar-refractivity contribution is -0.203. The minimum atomic E-state index is -1.60. The van der Waals surface area contributed by atoms with Crippen molar-refractivity contribution in [2.24, 2.45) is 0 Å². The lowest BCUT2D eigenvalue weighted by Gasteiger charge is -2.44. The average Bonchev–Trinajstić information content (AvgIpc) is 3.53. The Morgan fingerprint density at radius 3 is 0.963 bits per heavy atom. The second-order valence-electron chi connectivity index (χ2n) is 13.1. The largest absolute Gasteiger partial charge is 0.452 e. The molecule has 0 amide bonds. The Kier molecular flexibility index (Phi) is 11.5. The van der Waals surface area contributed by atoms with E-state index in [0.29, 0.717) is 32.9 Å². The van der Waals surface area contributed by atoms with E-state index in [1.807, 2.05) is 0 Å². The highest BCUT2D eigenvalue weighted by molar-refractivity contribution is 6.31. The predicted molar refractivity (Wildman–Crippen MR) is 198 cm³/mol. The van der Waals surface area contributed by atoms with E-state index in [9.17, 15) is 19.2 Å². The molecule has 1 spiro atoms. The SMILES string of the molecule is O=C(O[C@@H]1[C@H](OC(=O)c2ccc(Cl)cc2)[C@@H](OC(=O)c2ccc(Cl)cc2)[C@@H]2OC3(CCCCC3)O[C@@H]2[C@H]1OC(=O)c1ccc(Cl)cc1)c1ccc(Cl)cc1. The van der Waals surface area contributed by atoms with E-state index in [1.54, 1.807) is 0 Å². The molecule has 1 saturated heterocycles. The molecular weight excluding hydrogens is 782 g/mol. The van der Waals surface area contributed by atoms with Crippen molar-refractivity contribution in [2.75, 3.05) is 0 Å². The Labute approximate surface area is 330 Å². The fourth-order valence-corrected chi connectivity index (χ4v) is 7.39. The number of carbonyl (C=O) groups excluding carboxylic acids is 4. The molecule has 14 heteroatoms. The van der Waals surface area contributed by atoms with Crippen LogP contribution >= 0.6 is 46.4 Å². The van der Waals surface area contributed by atoms with Gasteiger partial charge < -0.3 is 28.4 Å². The van der Waals surface area contributed by atoms with Crippen molar-refractivity contribution < 1.29 is 47.6 Å². The van der Waals surface area contributed by atoms with Crippen LogP contribution in [0.5, 0.6) is 0 Å². The molecule has 4 aromatic carbocycles. The van der Waals surface area contributed by atoms with Crippen LogP contribution in [0.1, 0.15) is 73.5 Å². The Morgan fingerprint density at radius 1 is 0.426 bits per heavy atom. The van der Waals surface area contributed by atoms with Crippen LogP contribution in [0.2, 0.25) is 20.1 Å². The van der Waals surface area contributed by atoms with E-state index in [1.165, 1.54) is 97.1 Å². The number of carbonyl (C=O) groups is 4. The van der Waals surface area contributed by atoms with Crippen LogP contribution in [0.4, 0.5) is 0 Å². The molecule has 54 heavy (non-hydrogen) atoms. The first-order chi connectivity index (χ1) is 26.0. The van der Waals surface area contributed by atoms with Gasteiger partial charge in [0.25, 0.3) is 0 Å². The van der Waals surface area contributed by atoms with Crippen molar-refractivity contribution in [2.45, 2.75) is 74.5 Å². The predicted octanol–water partition coefficient (Wildman–Crippen LogP) is 8.96. The van der Waals surface area contributed by atoms with E-state index < -0.39 is 66.3 Å². The summed E-state index contributed by atoms with van der Waals surface area (Å²) in [7, 11) is 0. The third-order valence-corrected chi connectivity index (χ3v) is 10.6. The lowest BCUT2D eigenvalue weighted by atomic mass is 9.84. The molecule has 0 radical (unpaired) electrons. The lowest BCUT2D eigenvalue weighted by Crippen LogP contribution is -2.66. The van der Waals surface area contributed by atoms with E-state index >= 15 is 0 Å². The number of esters is 4. The number of fused-ring (bicyclic) bond motifs is 1. The summed E-state index contributed by atoms with van der Waals surface area (Å²) in [6.45, 7) is 0. The normalized spacial score (nSPS) is 24.2. The number of hydrogen-bond acceptors (Lipinski definition) is 10. The molecule has 0 bridgehead atoms. The number of rotatable bonds is 8. The van der Waals surface area contributed by atoms with Gasteiger partial charge in [-0.05, 0) is 110 Å². The first kappa shape index (κ1) is 38.1. The maximum atomic E-state index is 13.9. The van der Waals surface area contributed by atoms with Crippen LogP contribution < -0.4 is 0 Å². The molecule has 6 atom stereocenters. The number of halogens is 4. The third kappa shape index (κ3) is 8.39. The molecule has 0 aromatic heterocycles. The van der Waals surface area contributed by atoms with Gasteiger partial charge in [-0.1, -0.05) is 52.8 Å². The number of hydrogen-bond donors (Lipinski definition) is 0. The minimum Gasteiger partial charge on any atom is -0.452 e. The van der Waals surface area contributed by atoms with Gasteiger partial charge in [0, 0.05) is 32.9 Å². The summed E-state index contributed by atoms with van der Waals surface area (Å²) in [5, 5.41) is 1.54. The van der Waals surface area contributed by atoms with Crippen molar-refractivity contribution in [1.29, 1.82) is 0 Å². The van der Waals surface area contributed by atoms with Crippen molar-refractivity contribution >= 4 is 70.3 Å². The maximum Gasteiger partial charge on any atom is 0.338 e. The summed E-state index contributed by atoms with van der Waals surface area (Å²) in [5.41, 5.74) is 0.454. The van der Waals surface area contributed by atoms with Crippen molar-refractivity contribution in [3.05, 3.63) is 139 Å². The van der Waals surface area contributed by atoms with Gasteiger partial charge in [0.05, 0.1) is 22.3 Å². The maximum absolute atomic E-state index is 13.9. The van der Waals surface area contributed by atoms with Gasteiger partial charge in [0.1, 0.15) is 12.2 Å². The standard InChI is InChI=1S/C40H32Cl4O10/c41-26-12-4-22(5-13-26)36(45)49-30-31(50-37(46)23-6-14-27(42)15-7-23)33(52-39(48)25-10-18-29(44)19-11-25)35-34(53-40(54-35)20-2-1-3-21-40)32(30)51-38(47)24-8-16-28(43)17-9-24/h4-19,30-35H,1-3,20-21H2/t30-,31+,32+,33-,34-,35+. The molecule has 3 aliphatic rings. The van der Waals surface area contributed by atoms with Crippen LogP contribution in [-0.4, -0.2) is 66.3 Å². The molecule has 4 aromatic rings. The van der Waals surface area contributed by atoms with Gasteiger partial charge in [-0.15, -0.1) is 0 Å². The van der Waals surface area contributed by atoms with Gasteiger partial charge in [0.2, 0.25) is 0 Å². The van der Waals surface area contributed by atoms with Crippen LogP contribution in [-0.2, 0) is 28.4 Å². The van der Waals surface area contributed by atoms with Crippen LogP contribution in [0.3, 0.4) is 0 Å². The third-order valence-electron chi connectivity index (χ3n) is 9.55. The first-order valence-corrected chi connectivity index (χ1v) is 18.7. The topological polar surface area (TPSA) is 124 Å². The molecule has 0 unspecified atom stereocenters. The zero-order valence-corrected chi connectivity index (χ0v) is 31.4. The van der Waals surface area contributed by atoms with E-state index in [4.69, 9.17) is 74.8 Å². The zero-order chi connectivity index (χ0) is 38.0. The smallest absolute Gasteiger partial charge is 0.338 e. The highest BCUT2D eigenvalue weighted by Crippen LogP contribution is 2.48. The Bertz CT molecular complexity index is 1860. The van der Waals surface area contributed by atoms with Crippen molar-refractivity contribution in [3.8, 4) is 0 Å². The van der Waals surface area contributed by atoms with E-state index in [-0.39, 0.29) is 22.3 Å². The molecule has 0 N–H and O–H groups in total. The summed E-state index contributed by atoms with van der Waals surface area (Å²) in [6, 6.07) is 23.8. The molecule has 2 saturated carbocycles. The Balaban J connectivity index is 1.34. The zero-order valence-electron chi connectivity index (χ0n) is 28.3. The summed E-state index contributed by atoms with van der Waals surface area (Å²) in [5.74, 6) is -4.51. The van der Waals surface area contributed by atoms with Gasteiger partial charge in [-0.3, -0.25) is 0 Å². The quantitative estimate of drug-likeness (QED) is 0.126.